The van der Waals surface area contributed by atoms with Crippen LogP contribution in [-0.2, 0) is 4.74 Å². The Bertz CT molecular complexity index is 778. The molecule has 0 unspecified atom stereocenters. The second kappa shape index (κ2) is 7.47. The maximum Gasteiger partial charge on any atom is 0.338 e. The van der Waals surface area contributed by atoms with Crippen LogP contribution in [0.3, 0.4) is 0 Å². The van der Waals surface area contributed by atoms with Gasteiger partial charge in [-0.05, 0) is 30.7 Å². The summed E-state index contributed by atoms with van der Waals surface area (Å²) in [6.07, 6.45) is 1.75. The average molecular weight is 345 g/mol. The number of benzene rings is 1. The number of pyridine rings is 1. The van der Waals surface area contributed by atoms with Crippen LogP contribution in [0.5, 0.6) is 11.5 Å². The number of hydrogen-bond donors (Lipinski definition) is 1. The predicted octanol–water partition coefficient (Wildman–Crippen LogP) is 2.38. The summed E-state index contributed by atoms with van der Waals surface area (Å²) in [5.74, 6) is 1.22. The van der Waals surface area contributed by atoms with E-state index in [9.17, 15) is 14.9 Å². The lowest BCUT2D eigenvalue weighted by molar-refractivity contribution is -0.385. The third-order valence-electron chi connectivity index (χ3n) is 3.43. The van der Waals surface area contributed by atoms with Crippen molar-refractivity contribution in [2.75, 3.05) is 25.3 Å². The van der Waals surface area contributed by atoms with E-state index >= 15 is 0 Å². The van der Waals surface area contributed by atoms with E-state index in [4.69, 9.17) is 14.2 Å². The number of rotatable bonds is 7. The second-order valence-electron chi connectivity index (χ2n) is 5.14. The zero-order valence-electron chi connectivity index (χ0n) is 13.1. The lowest BCUT2D eigenvalue weighted by Gasteiger charge is -2.07. The summed E-state index contributed by atoms with van der Waals surface area (Å²) in [5.41, 5.74) is 0.331. The molecule has 1 aromatic heterocycles. The van der Waals surface area contributed by atoms with Crippen LogP contribution in [-0.4, -0.2) is 35.8 Å². The van der Waals surface area contributed by atoms with E-state index in [1.54, 1.807) is 18.2 Å². The number of nitrogens with zero attached hydrogens (tertiary/aromatic N) is 2. The normalized spacial score (nSPS) is 11.8. The summed E-state index contributed by atoms with van der Waals surface area (Å²) in [6, 6.07) is 7.77. The summed E-state index contributed by atoms with van der Waals surface area (Å²) in [7, 11) is 0. The first-order chi connectivity index (χ1) is 12.1. The Kier molecular flexibility index (Phi) is 4.93. The van der Waals surface area contributed by atoms with Gasteiger partial charge in [-0.15, -0.1) is 0 Å². The van der Waals surface area contributed by atoms with Gasteiger partial charge in [-0.25, -0.2) is 9.78 Å². The highest BCUT2D eigenvalue weighted by molar-refractivity contribution is 5.90. The first-order valence-electron chi connectivity index (χ1n) is 7.54. The van der Waals surface area contributed by atoms with E-state index < -0.39 is 10.9 Å². The van der Waals surface area contributed by atoms with Gasteiger partial charge in [-0.2, -0.15) is 0 Å². The molecule has 9 heteroatoms. The largest absolute Gasteiger partial charge is 0.462 e. The molecular formula is C16H15N3O6. The Morgan fingerprint density at radius 3 is 2.88 bits per heavy atom. The molecule has 9 nitrogen and oxygen atoms in total. The minimum Gasteiger partial charge on any atom is -0.462 e. The number of carbonyl (C=O) groups excluding carboxylic acids is 1. The first kappa shape index (κ1) is 16.5. The van der Waals surface area contributed by atoms with Crippen molar-refractivity contribution in [1.82, 2.24) is 4.98 Å². The highest BCUT2D eigenvalue weighted by Crippen LogP contribution is 2.32. The SMILES string of the molecule is O=C(OCCCNc1ccc([N+](=O)[O-])cn1)c1ccc2c(c1)OCO2. The summed E-state index contributed by atoms with van der Waals surface area (Å²) in [5, 5.41) is 13.5. The zero-order chi connectivity index (χ0) is 17.6. The van der Waals surface area contributed by atoms with Gasteiger partial charge >= 0.3 is 5.97 Å². The molecule has 1 N–H and O–H groups in total. The number of ether oxygens (including phenoxy) is 3. The van der Waals surface area contributed by atoms with Gasteiger partial charge in [0.2, 0.25) is 6.79 Å². The van der Waals surface area contributed by atoms with Crippen LogP contribution in [0.25, 0.3) is 0 Å². The van der Waals surface area contributed by atoms with Crippen LogP contribution in [0.1, 0.15) is 16.8 Å². The van der Waals surface area contributed by atoms with Gasteiger partial charge < -0.3 is 19.5 Å². The van der Waals surface area contributed by atoms with Crippen LogP contribution in [0.4, 0.5) is 11.5 Å². The van der Waals surface area contributed by atoms with Crippen LogP contribution in [0, 0.1) is 10.1 Å². The number of carbonyl (C=O) groups is 1. The molecule has 3 rings (SSSR count). The maximum atomic E-state index is 12.0. The van der Waals surface area contributed by atoms with Crippen molar-refractivity contribution in [2.45, 2.75) is 6.42 Å². The number of fused-ring (bicyclic) bond motifs is 1. The van der Waals surface area contributed by atoms with Gasteiger partial charge in [-0.3, -0.25) is 10.1 Å². The molecule has 0 bridgehead atoms. The van der Waals surface area contributed by atoms with Gasteiger partial charge in [-0.1, -0.05) is 0 Å². The van der Waals surface area contributed by atoms with E-state index in [0.717, 1.165) is 0 Å². The van der Waals surface area contributed by atoms with Crippen molar-refractivity contribution in [3.63, 3.8) is 0 Å². The quantitative estimate of drug-likeness (QED) is 0.352. The maximum absolute atomic E-state index is 12.0. The van der Waals surface area contributed by atoms with Crippen LogP contribution < -0.4 is 14.8 Å². The van der Waals surface area contributed by atoms with Gasteiger partial charge in [0, 0.05) is 12.6 Å². The Hall–Kier alpha value is -3.36. The fourth-order valence-corrected chi connectivity index (χ4v) is 2.16. The molecule has 0 saturated carbocycles. The Morgan fingerprint density at radius 2 is 2.12 bits per heavy atom. The summed E-state index contributed by atoms with van der Waals surface area (Å²) < 4.78 is 15.6. The van der Waals surface area contributed by atoms with Crippen molar-refractivity contribution in [2.24, 2.45) is 0 Å². The fourth-order valence-electron chi connectivity index (χ4n) is 2.16. The molecule has 0 amide bonds. The number of nitrogens with one attached hydrogen (secondary N) is 1. The molecule has 1 aromatic carbocycles. The topological polar surface area (TPSA) is 113 Å². The molecule has 1 aliphatic heterocycles. The zero-order valence-corrected chi connectivity index (χ0v) is 13.1. The summed E-state index contributed by atoms with van der Waals surface area (Å²) >= 11 is 0. The fraction of sp³-hybridized carbons (Fsp3) is 0.250. The first-order valence-corrected chi connectivity index (χ1v) is 7.54. The third-order valence-corrected chi connectivity index (χ3v) is 3.43. The minimum absolute atomic E-state index is 0.0665. The number of nitro groups is 1. The van der Waals surface area contributed by atoms with Gasteiger partial charge in [0.25, 0.3) is 5.69 Å². The van der Waals surface area contributed by atoms with Crippen molar-refractivity contribution in [1.29, 1.82) is 0 Å². The highest BCUT2D eigenvalue weighted by Gasteiger charge is 2.16. The van der Waals surface area contributed by atoms with Gasteiger partial charge in [0.05, 0.1) is 17.1 Å². The van der Waals surface area contributed by atoms with Crippen molar-refractivity contribution in [3.8, 4) is 11.5 Å². The summed E-state index contributed by atoms with van der Waals surface area (Å²) in [6.45, 7) is 0.892. The molecule has 0 radical (unpaired) electrons. The third kappa shape index (κ3) is 4.14. The molecule has 0 aliphatic carbocycles. The molecule has 1 aliphatic rings. The molecule has 2 heterocycles. The molecule has 25 heavy (non-hydrogen) atoms. The number of hydrogen-bond acceptors (Lipinski definition) is 8. The number of esters is 1. The van der Waals surface area contributed by atoms with Gasteiger partial charge in [0.15, 0.2) is 11.5 Å². The van der Waals surface area contributed by atoms with E-state index in [0.29, 0.717) is 35.8 Å². The van der Waals surface area contributed by atoms with E-state index in [1.807, 2.05) is 0 Å². The van der Waals surface area contributed by atoms with Crippen LogP contribution in [0.15, 0.2) is 36.5 Å². The van der Waals surface area contributed by atoms with Crippen LogP contribution >= 0.6 is 0 Å². The smallest absolute Gasteiger partial charge is 0.338 e. The van der Waals surface area contributed by atoms with Crippen molar-refractivity contribution in [3.05, 3.63) is 52.2 Å². The molecule has 0 fully saturated rings. The molecule has 0 saturated heterocycles. The number of anilines is 1. The average Bonchev–Trinajstić information content (AvgIpc) is 3.09. The Morgan fingerprint density at radius 1 is 1.28 bits per heavy atom. The predicted molar refractivity (Wildman–Crippen MR) is 86.8 cm³/mol. The van der Waals surface area contributed by atoms with Crippen molar-refractivity contribution >= 4 is 17.5 Å². The standard InChI is InChI=1S/C16H15N3O6/c20-16(11-2-4-13-14(8-11)25-10-24-13)23-7-1-6-17-15-5-3-12(9-18-15)19(21)22/h2-5,8-9H,1,6-7,10H2,(H,17,18). The second-order valence-corrected chi connectivity index (χ2v) is 5.14. The number of aromatic nitrogens is 1. The lowest BCUT2D eigenvalue weighted by Crippen LogP contribution is -2.11. The van der Waals surface area contributed by atoms with Crippen molar-refractivity contribution < 1.29 is 23.9 Å². The van der Waals surface area contributed by atoms with E-state index in [1.165, 1.54) is 18.3 Å². The highest BCUT2D eigenvalue weighted by atomic mass is 16.7. The molecule has 0 atom stereocenters. The molecule has 0 spiro atoms. The van der Waals surface area contributed by atoms with E-state index in [2.05, 4.69) is 10.3 Å². The summed E-state index contributed by atoms with van der Waals surface area (Å²) in [4.78, 5) is 25.9. The molecule has 130 valence electrons. The van der Waals surface area contributed by atoms with Gasteiger partial charge in [0.1, 0.15) is 12.0 Å². The minimum atomic E-state index is -0.508. The monoisotopic (exact) mass is 345 g/mol. The Balaban J connectivity index is 1.39. The van der Waals surface area contributed by atoms with Crippen LogP contribution in [0.2, 0.25) is 0 Å². The molecular weight excluding hydrogens is 330 g/mol. The molecule has 2 aromatic rings. The Labute approximate surface area is 142 Å². The van der Waals surface area contributed by atoms with E-state index in [-0.39, 0.29) is 19.1 Å². The lowest BCUT2D eigenvalue weighted by atomic mass is 10.2.